The van der Waals surface area contributed by atoms with Gasteiger partial charge in [-0.2, -0.15) is 4.31 Å². The second-order valence-electron chi connectivity index (χ2n) is 7.92. The molecule has 0 heterocycles. The smallest absolute Gasteiger partial charge is 0.255 e. The first-order chi connectivity index (χ1) is 12.4. The highest BCUT2D eigenvalue weighted by molar-refractivity contribution is 7.89. The van der Waals surface area contributed by atoms with Gasteiger partial charge in [0.05, 0.1) is 4.90 Å². The van der Waals surface area contributed by atoms with Crippen LogP contribution in [0.2, 0.25) is 0 Å². The van der Waals surface area contributed by atoms with Gasteiger partial charge in [-0.15, -0.1) is 0 Å². The van der Waals surface area contributed by atoms with Crippen LogP contribution in [0.1, 0.15) is 50.5 Å². The molecule has 6 heteroatoms. The predicted octanol–water partition coefficient (Wildman–Crippen LogP) is 4.27. The molecule has 0 radical (unpaired) electrons. The van der Waals surface area contributed by atoms with Crippen molar-refractivity contribution < 1.29 is 13.2 Å². The van der Waals surface area contributed by atoms with Crippen molar-refractivity contribution in [2.45, 2.75) is 51.0 Å². The van der Waals surface area contributed by atoms with E-state index in [1.807, 2.05) is 24.3 Å². The van der Waals surface area contributed by atoms with Gasteiger partial charge in [-0.3, -0.25) is 4.79 Å². The molecule has 2 aromatic carbocycles. The topological polar surface area (TPSA) is 66.5 Å². The van der Waals surface area contributed by atoms with Crippen LogP contribution in [-0.4, -0.2) is 31.7 Å². The molecule has 0 aliphatic carbocycles. The molecule has 0 bridgehead atoms. The van der Waals surface area contributed by atoms with Crippen molar-refractivity contribution in [1.82, 2.24) is 4.31 Å². The molecule has 0 fully saturated rings. The molecule has 146 valence electrons. The third kappa shape index (κ3) is 4.96. The van der Waals surface area contributed by atoms with Crippen molar-refractivity contribution in [3.8, 4) is 0 Å². The van der Waals surface area contributed by atoms with E-state index >= 15 is 0 Å². The molecule has 0 aliphatic heterocycles. The minimum absolute atomic E-state index is 0.0354. The molecule has 27 heavy (non-hydrogen) atoms. The second kappa shape index (κ2) is 7.82. The zero-order valence-corrected chi connectivity index (χ0v) is 17.6. The Balaban J connectivity index is 2.23. The van der Waals surface area contributed by atoms with Gasteiger partial charge in [0.1, 0.15) is 0 Å². The number of sulfonamides is 1. The van der Waals surface area contributed by atoms with Crippen LogP contribution in [-0.2, 0) is 15.4 Å². The predicted molar refractivity (Wildman–Crippen MR) is 110 cm³/mol. The van der Waals surface area contributed by atoms with Gasteiger partial charge in [0, 0.05) is 24.3 Å². The summed E-state index contributed by atoms with van der Waals surface area (Å²) in [5.41, 5.74) is 2.17. The first-order valence-electron chi connectivity index (χ1n) is 8.93. The summed E-state index contributed by atoms with van der Waals surface area (Å²) in [6, 6.07) is 13.6. The molecule has 1 amide bonds. The second-order valence-corrected chi connectivity index (χ2v) is 9.92. The van der Waals surface area contributed by atoms with Crippen molar-refractivity contribution in [3.63, 3.8) is 0 Å². The van der Waals surface area contributed by atoms with E-state index in [4.69, 9.17) is 0 Å². The lowest BCUT2D eigenvalue weighted by atomic mass is 9.87. The molecular weight excluding hydrogens is 360 g/mol. The third-order valence-electron chi connectivity index (χ3n) is 4.51. The molecule has 0 aliphatic rings. The quantitative estimate of drug-likeness (QED) is 0.832. The fourth-order valence-electron chi connectivity index (χ4n) is 2.50. The van der Waals surface area contributed by atoms with Crippen molar-refractivity contribution in [2.75, 3.05) is 12.4 Å². The number of nitrogens with zero attached hydrogens (tertiary/aromatic N) is 1. The van der Waals surface area contributed by atoms with E-state index in [9.17, 15) is 13.2 Å². The van der Waals surface area contributed by atoms with Crippen molar-refractivity contribution in [2.24, 2.45) is 0 Å². The van der Waals surface area contributed by atoms with Gasteiger partial charge in [-0.25, -0.2) is 8.42 Å². The average Bonchev–Trinajstić information content (AvgIpc) is 2.60. The number of hydrogen-bond donors (Lipinski definition) is 1. The molecule has 2 aromatic rings. The highest BCUT2D eigenvalue weighted by atomic mass is 32.2. The Bertz CT molecular complexity index is 911. The number of hydrogen-bond acceptors (Lipinski definition) is 3. The summed E-state index contributed by atoms with van der Waals surface area (Å²) in [7, 11) is -2.10. The standard InChI is InChI=1S/C21H28N2O3S/c1-15(2)23(6)27(25,26)19-9-7-8-16(14-19)20(24)22-18-12-10-17(11-13-18)21(3,4)5/h7-15H,1-6H3,(H,22,24). The van der Waals surface area contributed by atoms with E-state index < -0.39 is 10.0 Å². The van der Waals surface area contributed by atoms with Gasteiger partial charge < -0.3 is 5.32 Å². The Kier molecular flexibility index (Phi) is 6.12. The number of amides is 1. The van der Waals surface area contributed by atoms with Crippen molar-refractivity contribution in [3.05, 3.63) is 59.7 Å². The Morgan fingerprint density at radius 3 is 2.15 bits per heavy atom. The first kappa shape index (κ1) is 21.1. The maximum Gasteiger partial charge on any atom is 0.255 e. The molecule has 0 spiro atoms. The maximum atomic E-state index is 12.6. The van der Waals surface area contributed by atoms with Gasteiger partial charge in [0.2, 0.25) is 10.0 Å². The highest BCUT2D eigenvalue weighted by Crippen LogP contribution is 2.24. The van der Waals surface area contributed by atoms with E-state index in [1.54, 1.807) is 26.0 Å². The van der Waals surface area contributed by atoms with E-state index in [0.717, 1.165) is 0 Å². The summed E-state index contributed by atoms with van der Waals surface area (Å²) in [6.45, 7) is 9.98. The fraction of sp³-hybridized carbons (Fsp3) is 0.381. The van der Waals surface area contributed by atoms with Gasteiger partial charge >= 0.3 is 0 Å². The maximum absolute atomic E-state index is 12.6. The van der Waals surface area contributed by atoms with Crippen LogP contribution < -0.4 is 5.32 Å². The van der Waals surface area contributed by atoms with E-state index in [1.165, 1.54) is 29.0 Å². The summed E-state index contributed by atoms with van der Waals surface area (Å²) in [6.07, 6.45) is 0. The minimum atomic E-state index is -3.64. The third-order valence-corrected chi connectivity index (χ3v) is 6.54. The van der Waals surface area contributed by atoms with Crippen molar-refractivity contribution in [1.29, 1.82) is 0 Å². The van der Waals surface area contributed by atoms with Crippen LogP contribution in [0.3, 0.4) is 0 Å². The number of nitrogens with one attached hydrogen (secondary N) is 1. The van der Waals surface area contributed by atoms with Crippen LogP contribution >= 0.6 is 0 Å². The Labute approximate surface area is 162 Å². The lowest BCUT2D eigenvalue weighted by molar-refractivity contribution is 0.102. The molecule has 2 rings (SSSR count). The Morgan fingerprint density at radius 1 is 1.04 bits per heavy atom. The largest absolute Gasteiger partial charge is 0.322 e. The van der Waals surface area contributed by atoms with E-state index in [0.29, 0.717) is 11.3 Å². The summed E-state index contributed by atoms with van der Waals surface area (Å²) in [4.78, 5) is 12.7. The lowest BCUT2D eigenvalue weighted by Gasteiger charge is -2.21. The summed E-state index contributed by atoms with van der Waals surface area (Å²) >= 11 is 0. The van der Waals surface area contributed by atoms with Crippen LogP contribution in [0.25, 0.3) is 0 Å². The number of carbonyl (C=O) groups is 1. The molecule has 0 aromatic heterocycles. The Morgan fingerprint density at radius 2 is 1.63 bits per heavy atom. The molecule has 1 N–H and O–H groups in total. The fourth-order valence-corrected chi connectivity index (χ4v) is 3.91. The number of benzene rings is 2. The van der Waals surface area contributed by atoms with Crippen LogP contribution in [0.15, 0.2) is 53.4 Å². The van der Waals surface area contributed by atoms with Gasteiger partial charge in [-0.1, -0.05) is 39.0 Å². The monoisotopic (exact) mass is 388 g/mol. The van der Waals surface area contributed by atoms with Crippen LogP contribution in [0.5, 0.6) is 0 Å². The minimum Gasteiger partial charge on any atom is -0.322 e. The molecule has 0 unspecified atom stereocenters. The molecular formula is C21H28N2O3S. The molecule has 0 saturated carbocycles. The number of rotatable bonds is 5. The van der Waals surface area contributed by atoms with Gasteiger partial charge in [-0.05, 0) is 55.2 Å². The zero-order valence-electron chi connectivity index (χ0n) is 16.8. The Hall–Kier alpha value is -2.18. The van der Waals surface area contributed by atoms with Gasteiger partial charge in [0.25, 0.3) is 5.91 Å². The normalized spacial score (nSPS) is 12.4. The molecule has 0 saturated heterocycles. The van der Waals surface area contributed by atoms with Gasteiger partial charge in [0.15, 0.2) is 0 Å². The van der Waals surface area contributed by atoms with E-state index in [-0.39, 0.29) is 22.3 Å². The average molecular weight is 389 g/mol. The molecule has 0 atom stereocenters. The summed E-state index contributed by atoms with van der Waals surface area (Å²) < 4.78 is 26.6. The number of anilines is 1. The highest BCUT2D eigenvalue weighted by Gasteiger charge is 2.24. The van der Waals surface area contributed by atoms with Crippen molar-refractivity contribution >= 4 is 21.6 Å². The molecule has 5 nitrogen and oxygen atoms in total. The SMILES string of the molecule is CC(C)N(C)S(=O)(=O)c1cccc(C(=O)Nc2ccc(C(C)(C)C)cc2)c1. The lowest BCUT2D eigenvalue weighted by Crippen LogP contribution is -2.33. The van der Waals surface area contributed by atoms with Crippen LogP contribution in [0, 0.1) is 0 Å². The van der Waals surface area contributed by atoms with Crippen LogP contribution in [0.4, 0.5) is 5.69 Å². The zero-order chi connectivity index (χ0) is 20.4. The number of carbonyl (C=O) groups excluding carboxylic acids is 1. The first-order valence-corrected chi connectivity index (χ1v) is 10.4. The summed E-state index contributed by atoms with van der Waals surface area (Å²) in [5.74, 6) is -0.345. The van der Waals surface area contributed by atoms with E-state index in [2.05, 4.69) is 26.1 Å². The summed E-state index contributed by atoms with van der Waals surface area (Å²) in [5, 5.41) is 2.82.